The monoisotopic (exact) mass is 271 g/mol. The Balaban J connectivity index is 2.71. The van der Waals surface area contributed by atoms with Crippen molar-refractivity contribution in [1.82, 2.24) is 10.2 Å². The molecule has 1 saturated heterocycles. The molecule has 0 aromatic heterocycles. The average molecular weight is 271 g/mol. The van der Waals surface area contributed by atoms with Crippen molar-refractivity contribution in [3.8, 4) is 0 Å². The van der Waals surface area contributed by atoms with Gasteiger partial charge in [-0.15, -0.1) is 0 Å². The van der Waals surface area contributed by atoms with E-state index in [0.717, 1.165) is 6.42 Å². The first-order valence-electron chi connectivity index (χ1n) is 6.41. The summed E-state index contributed by atoms with van der Waals surface area (Å²) in [5.74, 6) is -1.99. The SMILES string of the molecule is CC(C)C(NC(=O)C1CCCN1C(=O)CN)C(=O)O. The van der Waals surface area contributed by atoms with Gasteiger partial charge in [0.05, 0.1) is 6.54 Å². The van der Waals surface area contributed by atoms with E-state index in [0.29, 0.717) is 13.0 Å². The fraction of sp³-hybridized carbons (Fsp3) is 0.750. The van der Waals surface area contributed by atoms with Crippen LogP contribution in [0.5, 0.6) is 0 Å². The highest BCUT2D eigenvalue weighted by Gasteiger charge is 2.35. The van der Waals surface area contributed by atoms with Gasteiger partial charge in [-0.3, -0.25) is 9.59 Å². The first-order valence-corrected chi connectivity index (χ1v) is 6.41. The first-order chi connectivity index (χ1) is 8.88. The van der Waals surface area contributed by atoms with Crippen molar-refractivity contribution in [2.75, 3.05) is 13.1 Å². The molecule has 1 fully saturated rings. The van der Waals surface area contributed by atoms with Crippen LogP contribution in [0.4, 0.5) is 0 Å². The third-order valence-electron chi connectivity index (χ3n) is 3.28. The summed E-state index contributed by atoms with van der Waals surface area (Å²) >= 11 is 0. The number of nitrogens with zero attached hydrogens (tertiary/aromatic N) is 1. The molecule has 2 unspecified atom stereocenters. The summed E-state index contributed by atoms with van der Waals surface area (Å²) in [5.41, 5.74) is 5.29. The van der Waals surface area contributed by atoms with Crippen molar-refractivity contribution in [3.63, 3.8) is 0 Å². The van der Waals surface area contributed by atoms with E-state index in [1.54, 1.807) is 13.8 Å². The molecule has 0 spiro atoms. The number of carbonyl (C=O) groups excluding carboxylic acids is 2. The van der Waals surface area contributed by atoms with Gasteiger partial charge in [0.25, 0.3) is 0 Å². The number of carbonyl (C=O) groups is 3. The smallest absolute Gasteiger partial charge is 0.326 e. The summed E-state index contributed by atoms with van der Waals surface area (Å²) < 4.78 is 0. The maximum Gasteiger partial charge on any atom is 0.326 e. The van der Waals surface area contributed by atoms with Gasteiger partial charge < -0.3 is 21.1 Å². The molecule has 1 aliphatic rings. The summed E-state index contributed by atoms with van der Waals surface area (Å²) in [6, 6.07) is -1.54. The Morgan fingerprint density at radius 1 is 1.42 bits per heavy atom. The number of nitrogens with one attached hydrogen (secondary N) is 1. The van der Waals surface area contributed by atoms with E-state index >= 15 is 0 Å². The number of aliphatic carboxylic acids is 1. The van der Waals surface area contributed by atoms with Crippen LogP contribution in [-0.4, -0.2) is 53.0 Å². The van der Waals surface area contributed by atoms with Crippen LogP contribution in [0, 0.1) is 5.92 Å². The summed E-state index contributed by atoms with van der Waals surface area (Å²) in [6.45, 7) is 3.79. The lowest BCUT2D eigenvalue weighted by Crippen LogP contribution is -2.53. The van der Waals surface area contributed by atoms with Crippen molar-refractivity contribution in [1.29, 1.82) is 0 Å². The molecule has 7 heteroatoms. The van der Waals surface area contributed by atoms with Gasteiger partial charge >= 0.3 is 5.97 Å². The van der Waals surface area contributed by atoms with Gasteiger partial charge in [-0.1, -0.05) is 13.8 Å². The fourth-order valence-electron chi connectivity index (χ4n) is 2.22. The Bertz CT molecular complexity index is 370. The van der Waals surface area contributed by atoms with Gasteiger partial charge in [0.15, 0.2) is 0 Å². The number of hydrogen-bond donors (Lipinski definition) is 3. The lowest BCUT2D eigenvalue weighted by Gasteiger charge is -2.26. The molecule has 19 heavy (non-hydrogen) atoms. The third kappa shape index (κ3) is 3.66. The van der Waals surface area contributed by atoms with E-state index in [1.807, 2.05) is 0 Å². The number of amides is 2. The summed E-state index contributed by atoms with van der Waals surface area (Å²) in [4.78, 5) is 36.1. The Hall–Kier alpha value is -1.63. The average Bonchev–Trinajstić information content (AvgIpc) is 2.82. The molecular weight excluding hydrogens is 250 g/mol. The molecule has 2 atom stereocenters. The van der Waals surface area contributed by atoms with E-state index in [1.165, 1.54) is 4.90 Å². The molecule has 0 aromatic carbocycles. The van der Waals surface area contributed by atoms with Crippen molar-refractivity contribution >= 4 is 17.8 Å². The summed E-state index contributed by atoms with van der Waals surface area (Å²) in [7, 11) is 0. The molecule has 1 heterocycles. The summed E-state index contributed by atoms with van der Waals surface area (Å²) in [5, 5.41) is 11.5. The summed E-state index contributed by atoms with van der Waals surface area (Å²) in [6.07, 6.45) is 1.27. The van der Waals surface area contributed by atoms with Crippen molar-refractivity contribution in [2.24, 2.45) is 11.7 Å². The van der Waals surface area contributed by atoms with Gasteiger partial charge in [0.2, 0.25) is 11.8 Å². The van der Waals surface area contributed by atoms with Crippen molar-refractivity contribution in [3.05, 3.63) is 0 Å². The van der Waals surface area contributed by atoms with E-state index < -0.39 is 24.0 Å². The minimum Gasteiger partial charge on any atom is -0.480 e. The van der Waals surface area contributed by atoms with Crippen LogP contribution < -0.4 is 11.1 Å². The number of likely N-dealkylation sites (tertiary alicyclic amines) is 1. The minimum absolute atomic E-state index is 0.143. The maximum atomic E-state index is 12.1. The normalized spacial score (nSPS) is 20.4. The Labute approximate surface area is 112 Å². The van der Waals surface area contributed by atoms with E-state index in [2.05, 4.69) is 5.32 Å². The quantitative estimate of drug-likeness (QED) is 0.603. The number of carboxylic acid groups (broad SMARTS) is 1. The molecular formula is C12H21N3O4. The van der Waals surface area contributed by atoms with Crippen LogP contribution in [0.3, 0.4) is 0 Å². The van der Waals surface area contributed by atoms with Gasteiger partial charge in [0, 0.05) is 6.54 Å². The van der Waals surface area contributed by atoms with Gasteiger partial charge in [-0.05, 0) is 18.8 Å². The number of nitrogens with two attached hydrogens (primary N) is 1. The molecule has 2 amide bonds. The largest absolute Gasteiger partial charge is 0.480 e. The Morgan fingerprint density at radius 3 is 2.53 bits per heavy atom. The van der Waals surface area contributed by atoms with E-state index in [9.17, 15) is 14.4 Å². The van der Waals surface area contributed by atoms with Crippen LogP contribution >= 0.6 is 0 Å². The highest BCUT2D eigenvalue weighted by Crippen LogP contribution is 2.18. The molecule has 0 aliphatic carbocycles. The van der Waals surface area contributed by atoms with Crippen LogP contribution in [-0.2, 0) is 14.4 Å². The van der Waals surface area contributed by atoms with Crippen LogP contribution in [0.2, 0.25) is 0 Å². The molecule has 0 aromatic rings. The highest BCUT2D eigenvalue weighted by molar-refractivity contribution is 5.91. The second kappa shape index (κ2) is 6.51. The van der Waals surface area contributed by atoms with Gasteiger partial charge in [-0.25, -0.2) is 4.79 Å². The molecule has 0 radical (unpaired) electrons. The zero-order valence-electron chi connectivity index (χ0n) is 11.3. The lowest BCUT2D eigenvalue weighted by molar-refractivity contribution is -0.144. The fourth-order valence-corrected chi connectivity index (χ4v) is 2.22. The Kier molecular flexibility index (Phi) is 5.29. The maximum absolute atomic E-state index is 12.1. The minimum atomic E-state index is -1.07. The number of carboxylic acids is 1. The van der Waals surface area contributed by atoms with Crippen molar-refractivity contribution in [2.45, 2.75) is 38.8 Å². The Morgan fingerprint density at radius 2 is 2.05 bits per heavy atom. The third-order valence-corrected chi connectivity index (χ3v) is 3.28. The topological polar surface area (TPSA) is 113 Å². The molecule has 108 valence electrons. The van der Waals surface area contributed by atoms with E-state index in [4.69, 9.17) is 10.8 Å². The lowest BCUT2D eigenvalue weighted by atomic mass is 10.0. The highest BCUT2D eigenvalue weighted by atomic mass is 16.4. The number of hydrogen-bond acceptors (Lipinski definition) is 4. The molecule has 0 bridgehead atoms. The zero-order chi connectivity index (χ0) is 14.6. The molecule has 1 aliphatic heterocycles. The second-order valence-electron chi connectivity index (χ2n) is 5.02. The zero-order valence-corrected chi connectivity index (χ0v) is 11.3. The van der Waals surface area contributed by atoms with Crippen LogP contribution in [0.25, 0.3) is 0 Å². The first kappa shape index (κ1) is 15.4. The molecule has 0 saturated carbocycles. The van der Waals surface area contributed by atoms with Crippen LogP contribution in [0.15, 0.2) is 0 Å². The van der Waals surface area contributed by atoms with Gasteiger partial charge in [0.1, 0.15) is 12.1 Å². The van der Waals surface area contributed by atoms with E-state index in [-0.39, 0.29) is 18.4 Å². The predicted molar refractivity (Wildman–Crippen MR) is 68.2 cm³/mol. The van der Waals surface area contributed by atoms with Crippen molar-refractivity contribution < 1.29 is 19.5 Å². The standard InChI is InChI=1S/C12H21N3O4/c1-7(2)10(12(18)19)14-11(17)8-4-3-5-15(8)9(16)6-13/h7-8,10H,3-6,13H2,1-2H3,(H,14,17)(H,18,19). The molecule has 7 nitrogen and oxygen atoms in total. The predicted octanol–water partition coefficient (Wildman–Crippen LogP) is -0.838. The molecule has 1 rings (SSSR count). The van der Waals surface area contributed by atoms with Crippen LogP contribution in [0.1, 0.15) is 26.7 Å². The molecule has 4 N–H and O–H groups in total. The number of rotatable bonds is 5. The van der Waals surface area contributed by atoms with Gasteiger partial charge in [-0.2, -0.15) is 0 Å². The second-order valence-corrected chi connectivity index (χ2v) is 5.02.